The molecule has 2 aromatic heterocycles. The van der Waals surface area contributed by atoms with Crippen molar-refractivity contribution in [3.05, 3.63) is 31.7 Å². The SMILES string of the molecule is Cc1nc(CNC(=O)c2scnc2C)sc1C(=O)O. The lowest BCUT2D eigenvalue weighted by Gasteiger charge is -2.00. The molecule has 0 unspecified atom stereocenters. The number of hydrogen-bond acceptors (Lipinski definition) is 6. The van der Waals surface area contributed by atoms with Crippen molar-refractivity contribution in [2.45, 2.75) is 20.4 Å². The minimum Gasteiger partial charge on any atom is -0.477 e. The number of carbonyl (C=O) groups excluding carboxylic acids is 1. The van der Waals surface area contributed by atoms with E-state index in [1.807, 2.05) is 0 Å². The fraction of sp³-hybridized carbons (Fsp3) is 0.273. The predicted octanol–water partition coefficient (Wildman–Crippen LogP) is 1.84. The van der Waals surface area contributed by atoms with Gasteiger partial charge in [-0.25, -0.2) is 14.8 Å². The molecular weight excluding hydrogens is 286 g/mol. The second-order valence-electron chi connectivity index (χ2n) is 3.78. The average molecular weight is 297 g/mol. The summed E-state index contributed by atoms with van der Waals surface area (Å²) >= 11 is 2.35. The number of carboxylic acid groups (broad SMARTS) is 1. The molecule has 2 heterocycles. The summed E-state index contributed by atoms with van der Waals surface area (Å²) in [5, 5.41) is 12.2. The van der Waals surface area contributed by atoms with E-state index < -0.39 is 5.97 Å². The van der Waals surface area contributed by atoms with E-state index in [0.29, 0.717) is 21.3 Å². The van der Waals surface area contributed by atoms with Crippen LogP contribution in [0.4, 0.5) is 0 Å². The summed E-state index contributed by atoms with van der Waals surface area (Å²) in [5.74, 6) is -1.21. The highest BCUT2D eigenvalue weighted by atomic mass is 32.1. The van der Waals surface area contributed by atoms with Crippen LogP contribution in [-0.2, 0) is 6.54 Å². The Kier molecular flexibility index (Phi) is 3.91. The number of nitrogens with zero attached hydrogens (tertiary/aromatic N) is 2. The zero-order valence-corrected chi connectivity index (χ0v) is 11.9. The first-order valence-corrected chi connectivity index (χ1v) is 7.06. The predicted molar refractivity (Wildman–Crippen MR) is 71.8 cm³/mol. The Balaban J connectivity index is 2.03. The van der Waals surface area contributed by atoms with E-state index in [2.05, 4.69) is 15.3 Å². The van der Waals surface area contributed by atoms with Gasteiger partial charge < -0.3 is 10.4 Å². The Labute approximate surface area is 117 Å². The monoisotopic (exact) mass is 297 g/mol. The summed E-state index contributed by atoms with van der Waals surface area (Å²) in [7, 11) is 0. The van der Waals surface area contributed by atoms with E-state index in [4.69, 9.17) is 5.11 Å². The second kappa shape index (κ2) is 5.45. The molecule has 0 fully saturated rings. The topological polar surface area (TPSA) is 92.2 Å². The number of aromatic nitrogens is 2. The number of carbonyl (C=O) groups is 2. The number of rotatable bonds is 4. The van der Waals surface area contributed by atoms with Crippen molar-refractivity contribution in [1.82, 2.24) is 15.3 Å². The van der Waals surface area contributed by atoms with Gasteiger partial charge in [0.15, 0.2) is 0 Å². The van der Waals surface area contributed by atoms with Crippen LogP contribution < -0.4 is 5.32 Å². The van der Waals surface area contributed by atoms with E-state index in [-0.39, 0.29) is 17.3 Å². The summed E-state index contributed by atoms with van der Waals surface area (Å²) in [6.07, 6.45) is 0. The van der Waals surface area contributed by atoms with Crippen LogP contribution >= 0.6 is 22.7 Å². The molecule has 1 amide bonds. The Bertz CT molecular complexity index is 633. The first-order valence-electron chi connectivity index (χ1n) is 5.37. The first-order chi connectivity index (χ1) is 8.99. The van der Waals surface area contributed by atoms with Crippen molar-refractivity contribution in [3.63, 3.8) is 0 Å². The van der Waals surface area contributed by atoms with Gasteiger partial charge in [-0.15, -0.1) is 22.7 Å². The molecule has 19 heavy (non-hydrogen) atoms. The van der Waals surface area contributed by atoms with Gasteiger partial charge in [-0.3, -0.25) is 4.79 Å². The number of amides is 1. The molecular formula is C11H11N3O3S2. The van der Waals surface area contributed by atoms with Crippen LogP contribution in [0.25, 0.3) is 0 Å². The molecule has 0 saturated heterocycles. The maximum Gasteiger partial charge on any atom is 0.347 e. The van der Waals surface area contributed by atoms with Crippen molar-refractivity contribution in [2.24, 2.45) is 0 Å². The maximum atomic E-state index is 11.8. The van der Waals surface area contributed by atoms with Crippen molar-refractivity contribution in [3.8, 4) is 0 Å². The molecule has 0 atom stereocenters. The molecule has 6 nitrogen and oxygen atoms in total. The highest BCUT2D eigenvalue weighted by Gasteiger charge is 2.16. The van der Waals surface area contributed by atoms with Gasteiger partial charge in [0, 0.05) is 0 Å². The quantitative estimate of drug-likeness (QED) is 0.898. The van der Waals surface area contributed by atoms with Crippen LogP contribution in [0, 0.1) is 13.8 Å². The summed E-state index contributed by atoms with van der Waals surface area (Å²) in [6.45, 7) is 3.62. The second-order valence-corrected chi connectivity index (χ2v) is 5.72. The van der Waals surface area contributed by atoms with Crippen LogP contribution in [0.5, 0.6) is 0 Å². The molecule has 0 aliphatic carbocycles. The van der Waals surface area contributed by atoms with Crippen molar-refractivity contribution in [1.29, 1.82) is 0 Å². The number of thiazole rings is 2. The van der Waals surface area contributed by atoms with Crippen LogP contribution in [0.1, 0.15) is 35.7 Å². The fourth-order valence-corrected chi connectivity index (χ4v) is 3.04. The molecule has 8 heteroatoms. The lowest BCUT2D eigenvalue weighted by Crippen LogP contribution is -2.22. The molecule has 0 aliphatic rings. The van der Waals surface area contributed by atoms with Gasteiger partial charge in [0.05, 0.1) is 23.4 Å². The molecule has 100 valence electrons. The number of aromatic carboxylic acids is 1. The van der Waals surface area contributed by atoms with E-state index in [9.17, 15) is 9.59 Å². The third kappa shape index (κ3) is 2.96. The third-order valence-corrected chi connectivity index (χ3v) is 4.46. The largest absolute Gasteiger partial charge is 0.477 e. The smallest absolute Gasteiger partial charge is 0.347 e. The Morgan fingerprint density at radius 2 is 2.05 bits per heavy atom. The Morgan fingerprint density at radius 1 is 1.32 bits per heavy atom. The average Bonchev–Trinajstić information content (AvgIpc) is 2.92. The zero-order valence-electron chi connectivity index (χ0n) is 10.3. The standard InChI is InChI=1S/C11H11N3O3S2/c1-5-8(18-4-13-5)10(15)12-3-7-14-6(2)9(19-7)11(16)17/h4H,3H2,1-2H3,(H,12,15)(H,16,17). The van der Waals surface area contributed by atoms with E-state index in [0.717, 1.165) is 11.3 Å². The van der Waals surface area contributed by atoms with Crippen molar-refractivity contribution < 1.29 is 14.7 Å². The van der Waals surface area contributed by atoms with Gasteiger partial charge in [0.25, 0.3) is 5.91 Å². The minimum absolute atomic E-state index is 0.207. The van der Waals surface area contributed by atoms with Gasteiger partial charge in [0.1, 0.15) is 14.8 Å². The fourth-order valence-electron chi connectivity index (χ4n) is 1.48. The lowest BCUT2D eigenvalue weighted by molar-refractivity contribution is 0.0701. The highest BCUT2D eigenvalue weighted by Crippen LogP contribution is 2.18. The lowest BCUT2D eigenvalue weighted by atomic mass is 10.4. The summed E-state index contributed by atoms with van der Waals surface area (Å²) in [4.78, 5) is 31.6. The third-order valence-electron chi connectivity index (χ3n) is 2.39. The molecule has 0 aromatic carbocycles. The molecule has 2 N–H and O–H groups in total. The normalized spacial score (nSPS) is 10.4. The summed E-state index contributed by atoms with van der Waals surface area (Å²) < 4.78 is 0. The molecule has 0 spiro atoms. The number of nitrogens with one attached hydrogen (secondary N) is 1. The van der Waals surface area contributed by atoms with E-state index in [1.165, 1.54) is 11.3 Å². The maximum absolute atomic E-state index is 11.8. The summed E-state index contributed by atoms with van der Waals surface area (Å²) in [6, 6.07) is 0. The molecule has 2 aromatic rings. The van der Waals surface area contributed by atoms with Gasteiger partial charge in [-0.05, 0) is 13.8 Å². The van der Waals surface area contributed by atoms with Gasteiger partial charge >= 0.3 is 5.97 Å². The molecule has 2 rings (SSSR count). The van der Waals surface area contributed by atoms with Crippen molar-refractivity contribution >= 4 is 34.6 Å². The summed E-state index contributed by atoms with van der Waals surface area (Å²) in [5.41, 5.74) is 2.76. The Morgan fingerprint density at radius 3 is 2.58 bits per heavy atom. The highest BCUT2D eigenvalue weighted by molar-refractivity contribution is 7.13. The van der Waals surface area contributed by atoms with Gasteiger partial charge in [-0.1, -0.05) is 0 Å². The number of aryl methyl sites for hydroxylation is 2. The number of hydrogen-bond donors (Lipinski definition) is 2. The van der Waals surface area contributed by atoms with E-state index >= 15 is 0 Å². The van der Waals surface area contributed by atoms with Crippen LogP contribution in [0.15, 0.2) is 5.51 Å². The molecule has 0 radical (unpaired) electrons. The van der Waals surface area contributed by atoms with Gasteiger partial charge in [0.2, 0.25) is 0 Å². The van der Waals surface area contributed by atoms with Crippen LogP contribution in [0.2, 0.25) is 0 Å². The minimum atomic E-state index is -0.995. The van der Waals surface area contributed by atoms with Gasteiger partial charge in [-0.2, -0.15) is 0 Å². The zero-order chi connectivity index (χ0) is 14.0. The molecule has 0 bridgehead atoms. The number of carboxylic acids is 1. The van der Waals surface area contributed by atoms with Crippen molar-refractivity contribution in [2.75, 3.05) is 0 Å². The Hall–Kier alpha value is -1.80. The molecule has 0 saturated carbocycles. The molecule has 0 aliphatic heterocycles. The van der Waals surface area contributed by atoms with Crippen LogP contribution in [0.3, 0.4) is 0 Å². The first kappa shape index (κ1) is 13.6. The van der Waals surface area contributed by atoms with Crippen LogP contribution in [-0.4, -0.2) is 27.0 Å². The van der Waals surface area contributed by atoms with E-state index in [1.54, 1.807) is 19.4 Å².